The second kappa shape index (κ2) is 7.89. The molecule has 0 atom stereocenters. The maximum Gasteiger partial charge on any atom is 0.266 e. The number of aromatic nitrogens is 1. The number of alkyl halides is 2. The molecule has 0 radical (unpaired) electrons. The molecule has 2 rings (SSSR count). The number of unbranched alkanes of at least 4 members (excludes halogenated alkanes) is 1. The second-order valence-corrected chi connectivity index (χ2v) is 5.99. The Morgan fingerprint density at radius 1 is 1.24 bits per heavy atom. The Hall–Kier alpha value is -2.74. The number of rotatable bonds is 5. The molecule has 0 saturated heterocycles. The molecule has 0 aliphatic heterocycles. The normalized spacial score (nSPS) is 11.6. The molecule has 0 aliphatic rings. The monoisotopic (exact) mass is 341 g/mol. The number of aryl methyl sites for hydroxylation is 2. The third kappa shape index (κ3) is 3.85. The van der Waals surface area contributed by atoms with Gasteiger partial charge in [0.25, 0.3) is 6.43 Å². The first-order valence-electron chi connectivity index (χ1n) is 8.14. The van der Waals surface area contributed by atoms with Gasteiger partial charge in [0.05, 0.1) is 29.1 Å². The fourth-order valence-corrected chi connectivity index (χ4v) is 2.86. The first kappa shape index (κ1) is 18.6. The maximum atomic E-state index is 13.6. The molecule has 0 fully saturated rings. The molecule has 1 aromatic heterocycles. The molecule has 25 heavy (non-hydrogen) atoms. The van der Waals surface area contributed by atoms with E-state index in [1.807, 2.05) is 32.9 Å². The molecule has 5 heteroatoms. The Bertz CT molecular complexity index is 849. The van der Waals surface area contributed by atoms with Crippen LogP contribution in [-0.2, 0) is 0 Å². The van der Waals surface area contributed by atoms with Crippen molar-refractivity contribution in [3.63, 3.8) is 0 Å². The molecule has 0 saturated carbocycles. The minimum atomic E-state index is -2.70. The molecule has 2 N–H and O–H groups in total. The van der Waals surface area contributed by atoms with Crippen LogP contribution in [0, 0.1) is 25.2 Å². The van der Waals surface area contributed by atoms with Crippen LogP contribution in [0.5, 0.6) is 0 Å². The van der Waals surface area contributed by atoms with E-state index >= 15 is 0 Å². The molecular formula is C20H21F2N3. The molecule has 1 heterocycles. The van der Waals surface area contributed by atoms with Crippen molar-refractivity contribution in [2.24, 2.45) is 0 Å². The van der Waals surface area contributed by atoms with E-state index in [0.717, 1.165) is 29.5 Å². The van der Waals surface area contributed by atoms with Gasteiger partial charge in [-0.25, -0.2) is 8.78 Å². The number of nitrogens with two attached hydrogens (primary N) is 1. The van der Waals surface area contributed by atoms with Gasteiger partial charge >= 0.3 is 0 Å². The summed E-state index contributed by atoms with van der Waals surface area (Å²) >= 11 is 0. The van der Waals surface area contributed by atoms with Gasteiger partial charge in [0.2, 0.25) is 0 Å². The number of benzene rings is 1. The van der Waals surface area contributed by atoms with E-state index in [9.17, 15) is 14.0 Å². The second-order valence-electron chi connectivity index (χ2n) is 5.99. The topological polar surface area (TPSA) is 62.7 Å². The zero-order valence-corrected chi connectivity index (χ0v) is 14.6. The molecule has 0 unspecified atom stereocenters. The molecule has 3 nitrogen and oxygen atoms in total. The number of allylic oxidation sites excluding steroid dienone is 1. The SMILES string of the molecule is CCC/C=C(\c1cc(C#N)c(C)cc1C)c1cncc(N)c1C(F)F. The fraction of sp³-hybridized carbons (Fsp3) is 0.300. The van der Waals surface area contributed by atoms with E-state index < -0.39 is 6.43 Å². The summed E-state index contributed by atoms with van der Waals surface area (Å²) in [6, 6.07) is 5.81. The Kier molecular flexibility index (Phi) is 5.87. The van der Waals surface area contributed by atoms with E-state index in [1.165, 1.54) is 12.4 Å². The highest BCUT2D eigenvalue weighted by Crippen LogP contribution is 2.36. The summed E-state index contributed by atoms with van der Waals surface area (Å²) in [4.78, 5) is 4.01. The highest BCUT2D eigenvalue weighted by atomic mass is 19.3. The van der Waals surface area contributed by atoms with E-state index in [0.29, 0.717) is 16.7 Å². The summed E-state index contributed by atoms with van der Waals surface area (Å²) in [7, 11) is 0. The number of pyridine rings is 1. The van der Waals surface area contributed by atoms with E-state index in [4.69, 9.17) is 5.73 Å². The van der Waals surface area contributed by atoms with Gasteiger partial charge in [-0.2, -0.15) is 5.26 Å². The van der Waals surface area contributed by atoms with E-state index in [2.05, 4.69) is 11.1 Å². The molecule has 1 aromatic carbocycles. The van der Waals surface area contributed by atoms with Crippen molar-refractivity contribution in [1.29, 1.82) is 5.26 Å². The molecular weight excluding hydrogens is 320 g/mol. The lowest BCUT2D eigenvalue weighted by Gasteiger charge is -2.17. The predicted molar refractivity (Wildman–Crippen MR) is 96.2 cm³/mol. The Balaban J connectivity index is 2.77. The Morgan fingerprint density at radius 2 is 1.96 bits per heavy atom. The summed E-state index contributed by atoms with van der Waals surface area (Å²) in [5.74, 6) is 0. The van der Waals surface area contributed by atoms with Crippen molar-refractivity contribution >= 4 is 11.3 Å². The van der Waals surface area contributed by atoms with Crippen LogP contribution in [0.2, 0.25) is 0 Å². The lowest BCUT2D eigenvalue weighted by molar-refractivity contribution is 0.152. The summed E-state index contributed by atoms with van der Waals surface area (Å²) < 4.78 is 27.2. The van der Waals surface area contributed by atoms with Crippen LogP contribution in [0.4, 0.5) is 14.5 Å². The van der Waals surface area contributed by atoms with Crippen LogP contribution < -0.4 is 5.73 Å². The van der Waals surface area contributed by atoms with Crippen molar-refractivity contribution in [2.75, 3.05) is 5.73 Å². The zero-order chi connectivity index (χ0) is 18.6. The van der Waals surface area contributed by atoms with Crippen molar-refractivity contribution in [1.82, 2.24) is 4.98 Å². The van der Waals surface area contributed by atoms with Crippen molar-refractivity contribution in [3.8, 4) is 6.07 Å². The maximum absolute atomic E-state index is 13.6. The smallest absolute Gasteiger partial charge is 0.266 e. The van der Waals surface area contributed by atoms with Crippen LogP contribution in [0.25, 0.3) is 5.57 Å². The van der Waals surface area contributed by atoms with Crippen LogP contribution in [0.3, 0.4) is 0 Å². The molecule has 0 spiro atoms. The number of anilines is 1. The largest absolute Gasteiger partial charge is 0.397 e. The van der Waals surface area contributed by atoms with Crippen molar-refractivity contribution < 1.29 is 8.78 Å². The van der Waals surface area contributed by atoms with E-state index in [1.54, 1.807) is 6.07 Å². The lowest BCUT2D eigenvalue weighted by atomic mass is 9.89. The minimum Gasteiger partial charge on any atom is -0.397 e. The first-order chi connectivity index (χ1) is 11.9. The number of nitriles is 1. The number of hydrogen-bond donors (Lipinski definition) is 1. The molecule has 0 aliphatic carbocycles. The highest BCUT2D eigenvalue weighted by molar-refractivity contribution is 5.85. The van der Waals surface area contributed by atoms with Crippen molar-refractivity contribution in [2.45, 2.75) is 40.0 Å². The summed E-state index contributed by atoms with van der Waals surface area (Å²) in [6.45, 7) is 5.78. The average Bonchev–Trinajstić information content (AvgIpc) is 2.56. The number of nitrogens with zero attached hydrogens (tertiary/aromatic N) is 2. The van der Waals surface area contributed by atoms with Gasteiger partial charge in [-0.15, -0.1) is 0 Å². The molecule has 0 amide bonds. The fourth-order valence-electron chi connectivity index (χ4n) is 2.86. The molecule has 0 bridgehead atoms. The highest BCUT2D eigenvalue weighted by Gasteiger charge is 2.21. The lowest BCUT2D eigenvalue weighted by Crippen LogP contribution is -2.04. The summed E-state index contributed by atoms with van der Waals surface area (Å²) in [6.07, 6.45) is 3.47. The minimum absolute atomic E-state index is 0.0276. The Morgan fingerprint density at radius 3 is 2.56 bits per heavy atom. The number of nitrogen functional groups attached to an aromatic ring is 1. The third-order valence-corrected chi connectivity index (χ3v) is 4.15. The third-order valence-electron chi connectivity index (χ3n) is 4.15. The number of halogens is 2. The van der Waals surface area contributed by atoms with Crippen LogP contribution >= 0.6 is 0 Å². The molecule has 130 valence electrons. The van der Waals surface area contributed by atoms with Crippen LogP contribution in [-0.4, -0.2) is 4.98 Å². The van der Waals surface area contributed by atoms with Gasteiger partial charge in [0.15, 0.2) is 0 Å². The Labute approximate surface area is 146 Å². The number of hydrogen-bond acceptors (Lipinski definition) is 3. The quantitative estimate of drug-likeness (QED) is 0.800. The first-order valence-corrected chi connectivity index (χ1v) is 8.14. The average molecular weight is 341 g/mol. The van der Waals surface area contributed by atoms with Crippen LogP contribution in [0.1, 0.15) is 59.6 Å². The summed E-state index contributed by atoms with van der Waals surface area (Å²) in [5, 5.41) is 9.33. The molecule has 2 aromatic rings. The van der Waals surface area contributed by atoms with Gasteiger partial charge < -0.3 is 5.73 Å². The standard InChI is InChI=1S/C20H21F2N3/c1-4-5-6-15(16-8-14(9-23)12(2)7-13(16)3)17-10-25-11-18(24)19(17)20(21)22/h6-8,10-11,20H,4-5,24H2,1-3H3/b15-6+. The van der Waals surface area contributed by atoms with Crippen LogP contribution in [0.15, 0.2) is 30.6 Å². The van der Waals surface area contributed by atoms with Gasteiger partial charge in [-0.05, 0) is 48.6 Å². The van der Waals surface area contributed by atoms with Gasteiger partial charge in [-0.1, -0.05) is 25.5 Å². The van der Waals surface area contributed by atoms with Gasteiger partial charge in [0.1, 0.15) is 0 Å². The van der Waals surface area contributed by atoms with Gasteiger partial charge in [-0.3, -0.25) is 4.98 Å². The van der Waals surface area contributed by atoms with E-state index in [-0.39, 0.29) is 11.3 Å². The predicted octanol–water partition coefficient (Wildman–Crippen LogP) is 5.32. The van der Waals surface area contributed by atoms with Gasteiger partial charge in [0, 0.05) is 11.8 Å². The zero-order valence-electron chi connectivity index (χ0n) is 14.6. The summed E-state index contributed by atoms with van der Waals surface area (Å²) in [5.41, 5.74) is 9.54. The van der Waals surface area contributed by atoms with Crippen molar-refractivity contribution in [3.05, 3.63) is 64.0 Å².